The Morgan fingerprint density at radius 1 is 1.32 bits per heavy atom. The van der Waals surface area contributed by atoms with E-state index in [1.807, 2.05) is 24.3 Å². The average Bonchev–Trinajstić information content (AvgIpc) is 2.46. The smallest absolute Gasteiger partial charge is 0.251 e. The van der Waals surface area contributed by atoms with Gasteiger partial charge < -0.3 is 10.5 Å². The number of thioether (sulfide) groups is 1. The van der Waals surface area contributed by atoms with Crippen LogP contribution in [-0.4, -0.2) is 13.0 Å². The monoisotopic (exact) mass is 274 g/mol. The third-order valence-corrected chi connectivity index (χ3v) is 3.68. The van der Waals surface area contributed by atoms with Gasteiger partial charge in [0.25, 0.3) is 10.9 Å². The van der Waals surface area contributed by atoms with Crippen LogP contribution >= 0.6 is 11.8 Å². The Hall–Kier alpha value is -2.01. The molecule has 19 heavy (non-hydrogen) atoms. The quantitative estimate of drug-likeness (QED) is 0.527. The molecule has 2 aromatic rings. The Kier molecular flexibility index (Phi) is 4.41. The third kappa shape index (κ3) is 3.48. The van der Waals surface area contributed by atoms with Crippen molar-refractivity contribution < 1.29 is 9.52 Å². The van der Waals surface area contributed by atoms with Gasteiger partial charge in [0.15, 0.2) is 6.20 Å². The summed E-state index contributed by atoms with van der Waals surface area (Å²) in [5.41, 5.74) is 1.64. The molecular formula is C14H14N2O2S. The van der Waals surface area contributed by atoms with Crippen molar-refractivity contribution in [3.05, 3.63) is 65.0 Å². The fourth-order valence-electron chi connectivity index (χ4n) is 1.63. The van der Waals surface area contributed by atoms with E-state index in [2.05, 4.69) is 5.32 Å². The molecule has 0 aliphatic heterocycles. The number of pyridine rings is 1. The lowest BCUT2D eigenvalue weighted by molar-refractivity contribution is -0.645. The number of benzene rings is 1. The maximum absolute atomic E-state index is 11.5. The molecule has 1 N–H and O–H groups in total. The fourth-order valence-corrected chi connectivity index (χ4v) is 2.49. The van der Waals surface area contributed by atoms with Gasteiger partial charge in [-0.05, 0) is 23.8 Å². The first-order valence-corrected chi connectivity index (χ1v) is 6.81. The zero-order valence-electron chi connectivity index (χ0n) is 10.5. The lowest BCUT2D eigenvalue weighted by atomic mass is 10.1. The Labute approximate surface area is 116 Å². The summed E-state index contributed by atoms with van der Waals surface area (Å²) < 4.78 is 0.841. The molecule has 2 rings (SSSR count). The number of rotatable bonds is 4. The van der Waals surface area contributed by atoms with Crippen LogP contribution in [0.3, 0.4) is 0 Å². The third-order valence-electron chi connectivity index (χ3n) is 2.59. The van der Waals surface area contributed by atoms with E-state index in [9.17, 15) is 10.0 Å². The number of hydrogen-bond acceptors (Lipinski definition) is 3. The van der Waals surface area contributed by atoms with Gasteiger partial charge in [-0.2, -0.15) is 4.73 Å². The highest BCUT2D eigenvalue weighted by atomic mass is 32.2. The number of amides is 1. The first-order chi connectivity index (χ1) is 9.20. The standard InChI is InChI=1S/C14H14N2O2S/c1-15-14(17)12-6-4-5-11(9-12)10-19-13-7-2-3-8-16(13)18/h2-9H,10H2,1H3,(H,15,17). The second kappa shape index (κ2) is 6.24. The molecule has 1 amide bonds. The van der Waals surface area contributed by atoms with Crippen LogP contribution in [0.1, 0.15) is 15.9 Å². The largest absolute Gasteiger partial charge is 0.618 e. The highest BCUT2D eigenvalue weighted by Gasteiger charge is 2.07. The number of aromatic nitrogens is 1. The van der Waals surface area contributed by atoms with E-state index in [1.54, 1.807) is 25.2 Å². The highest BCUT2D eigenvalue weighted by molar-refractivity contribution is 7.98. The van der Waals surface area contributed by atoms with Crippen LogP contribution < -0.4 is 10.0 Å². The number of nitrogens with zero attached hydrogens (tertiary/aromatic N) is 1. The summed E-state index contributed by atoms with van der Waals surface area (Å²) in [5.74, 6) is 0.544. The molecule has 0 fully saturated rings. The topological polar surface area (TPSA) is 56.0 Å². The molecule has 4 nitrogen and oxygen atoms in total. The minimum atomic E-state index is -0.106. The van der Waals surface area contributed by atoms with Crippen molar-refractivity contribution in [3.8, 4) is 0 Å². The molecule has 0 saturated heterocycles. The van der Waals surface area contributed by atoms with Crippen LogP contribution in [0.25, 0.3) is 0 Å². The lowest BCUT2D eigenvalue weighted by Crippen LogP contribution is -2.27. The lowest BCUT2D eigenvalue weighted by Gasteiger charge is -2.05. The SMILES string of the molecule is CNC(=O)c1cccc(CSc2cccc[n+]2[O-])c1. The highest BCUT2D eigenvalue weighted by Crippen LogP contribution is 2.19. The van der Waals surface area contributed by atoms with Gasteiger partial charge in [0.05, 0.1) is 0 Å². The summed E-state index contributed by atoms with van der Waals surface area (Å²) in [6.45, 7) is 0. The van der Waals surface area contributed by atoms with Crippen LogP contribution in [0, 0.1) is 5.21 Å². The van der Waals surface area contributed by atoms with Crippen molar-refractivity contribution >= 4 is 17.7 Å². The van der Waals surface area contributed by atoms with Crippen LogP contribution in [0.15, 0.2) is 53.7 Å². The van der Waals surface area contributed by atoms with Crippen molar-refractivity contribution in [2.45, 2.75) is 10.8 Å². The van der Waals surface area contributed by atoms with Gasteiger partial charge in [-0.1, -0.05) is 23.9 Å². The molecule has 0 spiro atoms. The number of carbonyl (C=O) groups excluding carboxylic acids is 1. The Balaban J connectivity index is 2.08. The van der Waals surface area contributed by atoms with Crippen molar-refractivity contribution in [1.29, 1.82) is 0 Å². The minimum Gasteiger partial charge on any atom is -0.618 e. The number of hydrogen-bond donors (Lipinski definition) is 1. The van der Waals surface area contributed by atoms with Crippen LogP contribution in [0.2, 0.25) is 0 Å². The number of nitrogens with one attached hydrogen (secondary N) is 1. The molecule has 0 radical (unpaired) electrons. The maximum atomic E-state index is 11.5. The molecule has 0 atom stereocenters. The van der Waals surface area contributed by atoms with Gasteiger partial charge in [-0.3, -0.25) is 4.79 Å². The van der Waals surface area contributed by atoms with Gasteiger partial charge in [0, 0.05) is 30.5 Å². The molecule has 0 unspecified atom stereocenters. The average molecular weight is 274 g/mol. The van der Waals surface area contributed by atoms with Crippen molar-refractivity contribution in [3.63, 3.8) is 0 Å². The van der Waals surface area contributed by atoms with E-state index in [-0.39, 0.29) is 5.91 Å². The first kappa shape index (κ1) is 13.4. The van der Waals surface area contributed by atoms with Crippen LogP contribution in [0.4, 0.5) is 0 Å². The maximum Gasteiger partial charge on any atom is 0.251 e. The van der Waals surface area contributed by atoms with Crippen LogP contribution in [-0.2, 0) is 5.75 Å². The van der Waals surface area contributed by atoms with Gasteiger partial charge in [-0.25, -0.2) is 0 Å². The minimum absolute atomic E-state index is 0.106. The van der Waals surface area contributed by atoms with E-state index in [4.69, 9.17) is 0 Å². The molecule has 0 aliphatic rings. The van der Waals surface area contributed by atoms with Gasteiger partial charge >= 0.3 is 0 Å². The Bertz CT molecular complexity index is 587. The summed E-state index contributed by atoms with van der Waals surface area (Å²) in [5, 5.41) is 14.7. The molecular weight excluding hydrogens is 260 g/mol. The van der Waals surface area contributed by atoms with E-state index in [1.165, 1.54) is 18.0 Å². The van der Waals surface area contributed by atoms with E-state index < -0.39 is 0 Å². The van der Waals surface area contributed by atoms with Gasteiger partial charge in [-0.15, -0.1) is 0 Å². The fraction of sp³-hybridized carbons (Fsp3) is 0.143. The number of carbonyl (C=O) groups is 1. The zero-order valence-corrected chi connectivity index (χ0v) is 11.3. The normalized spacial score (nSPS) is 10.2. The predicted molar refractivity (Wildman–Crippen MR) is 74.8 cm³/mol. The second-order valence-electron chi connectivity index (χ2n) is 3.93. The molecule has 5 heteroatoms. The summed E-state index contributed by atoms with van der Waals surface area (Å²) in [7, 11) is 1.61. The molecule has 1 heterocycles. The van der Waals surface area contributed by atoms with Gasteiger partial charge in [0.2, 0.25) is 0 Å². The second-order valence-corrected chi connectivity index (χ2v) is 4.93. The first-order valence-electron chi connectivity index (χ1n) is 5.82. The Morgan fingerprint density at radius 2 is 2.16 bits per heavy atom. The van der Waals surface area contributed by atoms with Crippen molar-refractivity contribution in [2.24, 2.45) is 0 Å². The molecule has 98 valence electrons. The molecule has 1 aromatic carbocycles. The Morgan fingerprint density at radius 3 is 2.89 bits per heavy atom. The summed E-state index contributed by atoms with van der Waals surface area (Å²) in [6.07, 6.45) is 1.48. The summed E-state index contributed by atoms with van der Waals surface area (Å²) >= 11 is 1.45. The molecule has 1 aromatic heterocycles. The van der Waals surface area contributed by atoms with Crippen molar-refractivity contribution in [1.82, 2.24) is 5.32 Å². The molecule has 0 bridgehead atoms. The summed E-state index contributed by atoms with van der Waals surface area (Å²) in [4.78, 5) is 11.5. The molecule has 0 saturated carbocycles. The summed E-state index contributed by atoms with van der Waals surface area (Å²) in [6, 6.07) is 12.7. The zero-order chi connectivity index (χ0) is 13.7. The van der Waals surface area contributed by atoms with Crippen LogP contribution in [0.5, 0.6) is 0 Å². The predicted octanol–water partition coefficient (Wildman–Crippen LogP) is 1.97. The van der Waals surface area contributed by atoms with E-state index >= 15 is 0 Å². The van der Waals surface area contributed by atoms with E-state index in [0.29, 0.717) is 16.3 Å². The van der Waals surface area contributed by atoms with E-state index in [0.717, 1.165) is 10.3 Å². The van der Waals surface area contributed by atoms with Crippen molar-refractivity contribution in [2.75, 3.05) is 7.05 Å². The molecule has 0 aliphatic carbocycles. The van der Waals surface area contributed by atoms with Gasteiger partial charge in [0.1, 0.15) is 0 Å².